The van der Waals surface area contributed by atoms with Crippen molar-refractivity contribution in [2.75, 3.05) is 0 Å². The van der Waals surface area contributed by atoms with Crippen molar-refractivity contribution in [1.29, 1.82) is 0 Å². The zero-order chi connectivity index (χ0) is 16.7. The second-order valence-electron chi connectivity index (χ2n) is 4.23. The van der Waals surface area contributed by atoms with E-state index in [4.69, 9.17) is 23.2 Å². The molecule has 0 atom stereocenters. The van der Waals surface area contributed by atoms with Crippen molar-refractivity contribution in [3.05, 3.63) is 46.4 Å². The topological polar surface area (TPSA) is 109 Å². The molecule has 0 saturated heterocycles. The smallest absolute Gasteiger partial charge is 0.282 e. The summed E-state index contributed by atoms with van der Waals surface area (Å²) in [5, 5.41) is 0.201. The van der Waals surface area contributed by atoms with Crippen LogP contribution in [0.3, 0.4) is 0 Å². The van der Waals surface area contributed by atoms with Crippen LogP contribution in [0.5, 0.6) is 0 Å². The molecule has 2 N–H and O–H groups in total. The molecule has 0 unspecified atom stereocenters. The molecule has 0 aliphatic carbocycles. The predicted molar refractivity (Wildman–Crippen MR) is 81.5 cm³/mol. The molecule has 0 amide bonds. The van der Waals surface area contributed by atoms with Crippen LogP contribution in [0.2, 0.25) is 10.0 Å². The molecule has 0 aliphatic rings. The predicted octanol–water partition coefficient (Wildman–Crippen LogP) is 3.15. The van der Waals surface area contributed by atoms with Crippen LogP contribution in [0, 0.1) is 0 Å². The lowest BCUT2D eigenvalue weighted by Gasteiger charge is -2.12. The lowest BCUT2D eigenvalue weighted by Crippen LogP contribution is -2.05. The van der Waals surface area contributed by atoms with Gasteiger partial charge in [-0.1, -0.05) is 23.2 Å². The SMILES string of the molecule is O=S(=O)(O)c1ccc(Cl)cc1-c1cc(Cl)ccc1S(=O)(=O)O. The van der Waals surface area contributed by atoms with Crippen LogP contribution in [0.4, 0.5) is 0 Å². The largest absolute Gasteiger partial charge is 0.295 e. The standard InChI is InChI=1S/C12H8Cl2O6S2/c13-7-1-3-11(21(15,16)17)9(5-7)10-6-8(14)2-4-12(10)22(18,19)20/h1-6H,(H,15,16,17)(H,18,19,20). The molecule has 0 radical (unpaired) electrons. The molecular weight excluding hydrogens is 375 g/mol. The van der Waals surface area contributed by atoms with Gasteiger partial charge in [0.15, 0.2) is 0 Å². The van der Waals surface area contributed by atoms with Crippen LogP contribution in [0.25, 0.3) is 11.1 Å². The normalized spacial score (nSPS) is 12.4. The van der Waals surface area contributed by atoms with Gasteiger partial charge in [0.2, 0.25) is 0 Å². The highest BCUT2D eigenvalue weighted by Crippen LogP contribution is 2.35. The molecule has 2 rings (SSSR count). The molecular formula is C12H8Cl2O6S2. The van der Waals surface area contributed by atoms with Gasteiger partial charge in [0, 0.05) is 21.2 Å². The summed E-state index contributed by atoms with van der Waals surface area (Å²) in [7, 11) is -9.30. The Morgan fingerprint density at radius 3 is 1.27 bits per heavy atom. The fraction of sp³-hybridized carbons (Fsp3) is 0. The lowest BCUT2D eigenvalue weighted by atomic mass is 10.1. The van der Waals surface area contributed by atoms with Crippen LogP contribution < -0.4 is 0 Å². The van der Waals surface area contributed by atoms with E-state index in [2.05, 4.69) is 0 Å². The quantitative estimate of drug-likeness (QED) is 0.789. The number of hydrogen-bond donors (Lipinski definition) is 2. The maximum atomic E-state index is 11.5. The van der Waals surface area contributed by atoms with Gasteiger partial charge in [-0.15, -0.1) is 0 Å². The van der Waals surface area contributed by atoms with Crippen molar-refractivity contribution in [3.8, 4) is 11.1 Å². The van der Waals surface area contributed by atoms with Gasteiger partial charge in [-0.05, 0) is 36.4 Å². The van der Waals surface area contributed by atoms with E-state index in [1.165, 1.54) is 12.1 Å². The third-order valence-corrected chi connectivity index (χ3v) is 5.02. The maximum absolute atomic E-state index is 11.5. The monoisotopic (exact) mass is 382 g/mol. The highest BCUT2D eigenvalue weighted by molar-refractivity contribution is 7.86. The molecule has 10 heteroatoms. The van der Waals surface area contributed by atoms with Crippen molar-refractivity contribution >= 4 is 43.4 Å². The first kappa shape index (κ1) is 17.2. The summed E-state index contributed by atoms with van der Waals surface area (Å²) in [6, 6.07) is 6.75. The Labute approximate surface area is 136 Å². The van der Waals surface area contributed by atoms with E-state index < -0.39 is 30.0 Å². The van der Waals surface area contributed by atoms with Gasteiger partial charge in [-0.25, -0.2) is 0 Å². The maximum Gasteiger partial charge on any atom is 0.295 e. The van der Waals surface area contributed by atoms with Gasteiger partial charge in [0.25, 0.3) is 20.2 Å². The van der Waals surface area contributed by atoms with Crippen LogP contribution in [-0.2, 0) is 20.2 Å². The molecule has 2 aromatic rings. The summed E-state index contributed by atoms with van der Waals surface area (Å²) in [5.74, 6) is 0. The molecule has 0 bridgehead atoms. The van der Waals surface area contributed by atoms with Crippen LogP contribution in [0.15, 0.2) is 46.2 Å². The molecule has 0 spiro atoms. The second-order valence-corrected chi connectivity index (χ2v) is 7.88. The highest BCUT2D eigenvalue weighted by atomic mass is 35.5. The van der Waals surface area contributed by atoms with Gasteiger partial charge in [0.1, 0.15) is 9.79 Å². The van der Waals surface area contributed by atoms with Crippen molar-refractivity contribution in [2.24, 2.45) is 0 Å². The Morgan fingerprint density at radius 2 is 1.00 bits per heavy atom. The molecule has 0 aromatic heterocycles. The summed E-state index contributed by atoms with van der Waals surface area (Å²) in [5.41, 5.74) is -0.407. The fourth-order valence-electron chi connectivity index (χ4n) is 1.88. The molecule has 0 fully saturated rings. The number of halogens is 2. The van der Waals surface area contributed by atoms with E-state index in [1.54, 1.807) is 0 Å². The molecule has 6 nitrogen and oxygen atoms in total. The zero-order valence-electron chi connectivity index (χ0n) is 10.6. The van der Waals surface area contributed by atoms with Gasteiger partial charge >= 0.3 is 0 Å². The first-order valence-electron chi connectivity index (χ1n) is 5.54. The van der Waals surface area contributed by atoms with Gasteiger partial charge in [-0.2, -0.15) is 16.8 Å². The Kier molecular flexibility index (Phi) is 4.54. The number of rotatable bonds is 3. The van der Waals surface area contributed by atoms with Crippen molar-refractivity contribution in [3.63, 3.8) is 0 Å². The van der Waals surface area contributed by atoms with E-state index in [0.29, 0.717) is 0 Å². The summed E-state index contributed by atoms with van der Waals surface area (Å²) >= 11 is 11.6. The number of benzene rings is 2. The molecule has 0 saturated carbocycles. The minimum atomic E-state index is -4.65. The lowest BCUT2D eigenvalue weighted by molar-refractivity contribution is 0.480. The van der Waals surface area contributed by atoms with E-state index in [1.807, 2.05) is 0 Å². The van der Waals surface area contributed by atoms with E-state index in [9.17, 15) is 25.9 Å². The Hall–Kier alpha value is -1.16. The first-order chi connectivity index (χ1) is 10.00. The third-order valence-electron chi connectivity index (χ3n) is 2.73. The molecule has 0 aliphatic heterocycles. The third kappa shape index (κ3) is 3.60. The molecule has 22 heavy (non-hydrogen) atoms. The van der Waals surface area contributed by atoms with Crippen LogP contribution in [0.1, 0.15) is 0 Å². The fourth-order valence-corrected chi connectivity index (χ4v) is 3.59. The Balaban J connectivity index is 2.94. The summed E-state index contributed by atoms with van der Waals surface area (Å²) < 4.78 is 64.3. The Bertz CT molecular complexity index is 872. The molecule has 118 valence electrons. The van der Waals surface area contributed by atoms with Gasteiger partial charge < -0.3 is 0 Å². The average Bonchev–Trinajstić information content (AvgIpc) is 2.35. The average molecular weight is 383 g/mol. The minimum absolute atomic E-state index is 0.101. The highest BCUT2D eigenvalue weighted by Gasteiger charge is 2.23. The Morgan fingerprint density at radius 1 is 0.682 bits per heavy atom. The zero-order valence-corrected chi connectivity index (χ0v) is 13.7. The van der Waals surface area contributed by atoms with Gasteiger partial charge in [-0.3, -0.25) is 9.11 Å². The van der Waals surface area contributed by atoms with E-state index >= 15 is 0 Å². The molecule has 2 aromatic carbocycles. The number of hydrogen-bond acceptors (Lipinski definition) is 4. The summed E-state index contributed by atoms with van der Waals surface area (Å²) in [4.78, 5) is -1.13. The molecule has 0 heterocycles. The van der Waals surface area contributed by atoms with Crippen molar-refractivity contribution in [1.82, 2.24) is 0 Å². The van der Waals surface area contributed by atoms with Gasteiger partial charge in [0.05, 0.1) is 0 Å². The minimum Gasteiger partial charge on any atom is -0.282 e. The second kappa shape index (κ2) is 5.80. The van der Waals surface area contributed by atoms with Crippen molar-refractivity contribution in [2.45, 2.75) is 9.79 Å². The summed E-state index contributed by atoms with van der Waals surface area (Å²) in [6.07, 6.45) is 0. The van der Waals surface area contributed by atoms with Crippen LogP contribution >= 0.6 is 23.2 Å². The first-order valence-corrected chi connectivity index (χ1v) is 9.18. The van der Waals surface area contributed by atoms with E-state index in [0.717, 1.165) is 24.3 Å². The van der Waals surface area contributed by atoms with Crippen LogP contribution in [-0.4, -0.2) is 25.9 Å². The summed E-state index contributed by atoms with van der Waals surface area (Å²) in [6.45, 7) is 0. The van der Waals surface area contributed by atoms with Crippen molar-refractivity contribution < 1.29 is 25.9 Å². The van der Waals surface area contributed by atoms with E-state index in [-0.39, 0.29) is 21.2 Å².